The molecule has 0 radical (unpaired) electrons. The summed E-state index contributed by atoms with van der Waals surface area (Å²) in [4.78, 5) is 4.81. The van der Waals surface area contributed by atoms with Gasteiger partial charge in [0.1, 0.15) is 0 Å². The number of fused-ring (bicyclic) bond motifs is 10. The minimum absolute atomic E-state index is 1.07. The van der Waals surface area contributed by atoms with Crippen molar-refractivity contribution in [3.05, 3.63) is 176 Å². The molecular formula is C49H29N3. The summed E-state index contributed by atoms with van der Waals surface area (Å²) in [6.45, 7) is 0. The number of aromatic nitrogens is 3. The van der Waals surface area contributed by atoms with E-state index in [1.54, 1.807) is 0 Å². The molecule has 0 atom stereocenters. The Balaban J connectivity index is 1.11. The van der Waals surface area contributed by atoms with Crippen molar-refractivity contribution in [2.45, 2.75) is 0 Å². The molecule has 11 aromatic rings. The van der Waals surface area contributed by atoms with Crippen molar-refractivity contribution in [3.8, 4) is 44.9 Å². The molecule has 52 heavy (non-hydrogen) atoms. The van der Waals surface area contributed by atoms with Crippen LogP contribution in [0.2, 0.25) is 0 Å². The molecule has 0 saturated heterocycles. The predicted octanol–water partition coefficient (Wildman–Crippen LogP) is 12.9. The lowest BCUT2D eigenvalue weighted by Crippen LogP contribution is -1.95. The van der Waals surface area contributed by atoms with Gasteiger partial charge in [-0.05, 0) is 111 Å². The molecule has 0 unspecified atom stereocenters. The Kier molecular flexibility index (Phi) is 5.50. The zero-order valence-electron chi connectivity index (χ0n) is 28.1. The molecule has 3 heterocycles. The Morgan fingerprint density at radius 3 is 1.81 bits per heavy atom. The summed E-state index contributed by atoms with van der Waals surface area (Å²) in [7, 11) is 0. The topological polar surface area (TPSA) is 22.8 Å². The highest BCUT2D eigenvalue weighted by Crippen LogP contribution is 2.48. The summed E-state index contributed by atoms with van der Waals surface area (Å²) in [5.74, 6) is 0. The van der Waals surface area contributed by atoms with E-state index in [0.717, 1.165) is 11.4 Å². The number of hydrogen-bond donors (Lipinski definition) is 0. The van der Waals surface area contributed by atoms with Crippen LogP contribution in [0.4, 0.5) is 0 Å². The fraction of sp³-hybridized carbons (Fsp3) is 0. The first-order valence-corrected chi connectivity index (χ1v) is 17.9. The Hall–Kier alpha value is -6.97. The van der Waals surface area contributed by atoms with Gasteiger partial charge in [0.2, 0.25) is 0 Å². The van der Waals surface area contributed by atoms with Crippen LogP contribution in [0.3, 0.4) is 0 Å². The highest BCUT2D eigenvalue weighted by molar-refractivity contribution is 6.18. The zero-order valence-corrected chi connectivity index (χ0v) is 28.1. The van der Waals surface area contributed by atoms with E-state index in [0.29, 0.717) is 0 Å². The minimum atomic E-state index is 1.07. The molecule has 0 bridgehead atoms. The monoisotopic (exact) mass is 659 g/mol. The van der Waals surface area contributed by atoms with E-state index in [1.165, 1.54) is 98.7 Å². The lowest BCUT2D eigenvalue weighted by atomic mass is 10.00. The van der Waals surface area contributed by atoms with Crippen LogP contribution in [0.15, 0.2) is 176 Å². The number of benzene rings is 8. The minimum Gasteiger partial charge on any atom is -0.309 e. The smallest absolute Gasteiger partial charge is 0.0786 e. The lowest BCUT2D eigenvalue weighted by molar-refractivity contribution is 1.18. The molecule has 3 heteroatoms. The maximum absolute atomic E-state index is 4.81. The summed E-state index contributed by atoms with van der Waals surface area (Å²) in [5, 5.41) is 10.0. The summed E-state index contributed by atoms with van der Waals surface area (Å²) in [6.07, 6.45) is 1.90. The summed E-state index contributed by atoms with van der Waals surface area (Å²) in [6, 6.07) is 62.4. The van der Waals surface area contributed by atoms with Crippen LogP contribution < -0.4 is 0 Å². The van der Waals surface area contributed by atoms with Gasteiger partial charge in [-0.3, -0.25) is 4.98 Å². The molecule has 1 aliphatic rings. The van der Waals surface area contributed by atoms with Gasteiger partial charge in [-0.25, -0.2) is 0 Å². The summed E-state index contributed by atoms with van der Waals surface area (Å²) < 4.78 is 4.84. The predicted molar refractivity (Wildman–Crippen MR) is 218 cm³/mol. The Morgan fingerprint density at radius 1 is 0.346 bits per heavy atom. The zero-order chi connectivity index (χ0) is 33.9. The van der Waals surface area contributed by atoms with Crippen molar-refractivity contribution in [2.75, 3.05) is 0 Å². The highest BCUT2D eigenvalue weighted by Gasteiger charge is 2.24. The van der Waals surface area contributed by atoms with E-state index in [1.807, 2.05) is 12.3 Å². The van der Waals surface area contributed by atoms with E-state index in [-0.39, 0.29) is 0 Å². The lowest BCUT2D eigenvalue weighted by Gasteiger charge is -2.12. The largest absolute Gasteiger partial charge is 0.309 e. The van der Waals surface area contributed by atoms with Crippen LogP contribution in [0.5, 0.6) is 0 Å². The van der Waals surface area contributed by atoms with Crippen LogP contribution in [-0.2, 0) is 0 Å². The Bertz CT molecular complexity index is 3290. The van der Waals surface area contributed by atoms with Crippen LogP contribution >= 0.6 is 0 Å². The number of hydrogen-bond acceptors (Lipinski definition) is 1. The first-order chi connectivity index (χ1) is 25.8. The molecule has 0 aliphatic heterocycles. The first kappa shape index (κ1) is 27.8. The van der Waals surface area contributed by atoms with E-state index in [2.05, 4.69) is 173 Å². The van der Waals surface area contributed by atoms with Gasteiger partial charge >= 0.3 is 0 Å². The number of rotatable bonds is 3. The van der Waals surface area contributed by atoms with Gasteiger partial charge in [0.15, 0.2) is 0 Å². The van der Waals surface area contributed by atoms with Crippen LogP contribution in [-0.4, -0.2) is 14.1 Å². The van der Waals surface area contributed by atoms with Crippen molar-refractivity contribution >= 4 is 65.2 Å². The van der Waals surface area contributed by atoms with Crippen molar-refractivity contribution in [3.63, 3.8) is 0 Å². The normalized spacial score (nSPS) is 12.2. The van der Waals surface area contributed by atoms with Crippen molar-refractivity contribution in [1.82, 2.24) is 14.1 Å². The standard InChI is InChI=1S/C49H29N3/c1-2-13-35(14-3-1)51-44-18-7-6-15-37(44)40-26-32(19-21-45(40)51)33-20-22-46-41(27-33)42-25-30-10-4-5-11-31(30)28-47(42)52(46)36-24-34-12-8-16-39-48(34)43(29-36)38-17-9-23-50-49(38)39/h1-29H. The highest BCUT2D eigenvalue weighted by atomic mass is 15.0. The fourth-order valence-corrected chi connectivity index (χ4v) is 8.96. The van der Waals surface area contributed by atoms with Gasteiger partial charge in [0.25, 0.3) is 0 Å². The second-order valence-corrected chi connectivity index (χ2v) is 14.0. The molecule has 240 valence electrons. The van der Waals surface area contributed by atoms with Crippen molar-refractivity contribution in [2.24, 2.45) is 0 Å². The molecule has 12 rings (SSSR count). The molecule has 8 aromatic carbocycles. The van der Waals surface area contributed by atoms with Crippen molar-refractivity contribution in [1.29, 1.82) is 0 Å². The van der Waals surface area contributed by atoms with Crippen LogP contribution in [0, 0.1) is 0 Å². The van der Waals surface area contributed by atoms with E-state index in [9.17, 15) is 0 Å². The van der Waals surface area contributed by atoms with Crippen LogP contribution in [0.25, 0.3) is 110 Å². The molecule has 1 aliphatic carbocycles. The molecular weight excluding hydrogens is 631 g/mol. The van der Waals surface area contributed by atoms with Gasteiger partial charge in [0, 0.05) is 50.2 Å². The van der Waals surface area contributed by atoms with E-state index >= 15 is 0 Å². The third-order valence-electron chi connectivity index (χ3n) is 11.2. The molecule has 3 nitrogen and oxygen atoms in total. The quantitative estimate of drug-likeness (QED) is 0.185. The maximum atomic E-state index is 4.81. The van der Waals surface area contributed by atoms with Gasteiger partial charge in [-0.15, -0.1) is 0 Å². The SMILES string of the molecule is c1ccc(-n2c3ccccc3c3cc(-c4ccc5c(c4)c4cc6ccccc6cc4n5-c4cc5c6c(cccc6c4)-c4ncccc4-5)ccc32)cc1. The second kappa shape index (κ2) is 10.3. The molecule has 0 saturated carbocycles. The van der Waals surface area contributed by atoms with E-state index < -0.39 is 0 Å². The van der Waals surface area contributed by atoms with Gasteiger partial charge in [-0.1, -0.05) is 97.1 Å². The Labute approximate surface area is 299 Å². The summed E-state index contributed by atoms with van der Waals surface area (Å²) >= 11 is 0. The average Bonchev–Trinajstić information content (AvgIpc) is 3.83. The fourth-order valence-electron chi connectivity index (χ4n) is 8.96. The van der Waals surface area contributed by atoms with Gasteiger partial charge in [0.05, 0.1) is 27.8 Å². The number of nitrogens with zero attached hydrogens (tertiary/aromatic N) is 3. The third-order valence-corrected chi connectivity index (χ3v) is 11.2. The van der Waals surface area contributed by atoms with Crippen molar-refractivity contribution < 1.29 is 0 Å². The molecule has 0 amide bonds. The average molecular weight is 660 g/mol. The second-order valence-electron chi connectivity index (χ2n) is 14.0. The number of pyridine rings is 1. The number of para-hydroxylation sites is 2. The molecule has 0 N–H and O–H groups in total. The Morgan fingerprint density at radius 2 is 0.981 bits per heavy atom. The molecule has 0 fully saturated rings. The van der Waals surface area contributed by atoms with E-state index in [4.69, 9.17) is 4.98 Å². The molecule has 3 aromatic heterocycles. The first-order valence-electron chi connectivity index (χ1n) is 17.9. The van der Waals surface area contributed by atoms with Gasteiger partial charge in [-0.2, -0.15) is 0 Å². The molecule has 0 spiro atoms. The summed E-state index contributed by atoms with van der Waals surface area (Å²) in [5.41, 5.74) is 14.3. The maximum Gasteiger partial charge on any atom is 0.0786 e. The van der Waals surface area contributed by atoms with Crippen LogP contribution in [0.1, 0.15) is 0 Å². The third kappa shape index (κ3) is 3.77. The van der Waals surface area contributed by atoms with Gasteiger partial charge < -0.3 is 9.13 Å².